The maximum Gasteiger partial charge on any atom is 0.416 e. The minimum Gasteiger partial charge on any atom is -0.485 e. The second-order valence-electron chi connectivity index (χ2n) is 5.92. The van der Waals surface area contributed by atoms with Gasteiger partial charge in [0.2, 0.25) is 11.7 Å². The van der Waals surface area contributed by atoms with Gasteiger partial charge in [-0.05, 0) is 42.0 Å². The highest BCUT2D eigenvalue weighted by molar-refractivity contribution is 5.94. The molecular weight excluding hydrogens is 375 g/mol. The number of carbonyl (C=O) groups excluding carboxylic acids is 1. The van der Waals surface area contributed by atoms with E-state index >= 15 is 0 Å². The van der Waals surface area contributed by atoms with Gasteiger partial charge in [0.1, 0.15) is 5.75 Å². The molecule has 0 bridgehead atoms. The van der Waals surface area contributed by atoms with Crippen LogP contribution in [0.5, 0.6) is 5.75 Å². The van der Waals surface area contributed by atoms with Crippen LogP contribution in [0.1, 0.15) is 33.2 Å². The van der Waals surface area contributed by atoms with Crippen LogP contribution in [0.2, 0.25) is 0 Å². The van der Waals surface area contributed by atoms with Gasteiger partial charge in [-0.15, -0.1) is 0 Å². The summed E-state index contributed by atoms with van der Waals surface area (Å²) in [4.78, 5) is 16.2. The van der Waals surface area contributed by atoms with Gasteiger partial charge >= 0.3 is 6.18 Å². The van der Waals surface area contributed by atoms with Crippen LogP contribution in [0.3, 0.4) is 0 Å². The first kappa shape index (κ1) is 19.4. The lowest BCUT2D eigenvalue weighted by molar-refractivity contribution is -0.137. The van der Waals surface area contributed by atoms with Crippen LogP contribution in [0, 0.1) is 6.92 Å². The Morgan fingerprint density at radius 1 is 1.18 bits per heavy atom. The first-order valence-electron chi connectivity index (χ1n) is 8.27. The number of nitrogens with one attached hydrogen (secondary N) is 1. The molecule has 0 aliphatic rings. The average molecular weight is 391 g/mol. The maximum absolute atomic E-state index is 12.7. The quantitative estimate of drug-likeness (QED) is 0.690. The Bertz CT molecular complexity index is 953. The van der Waals surface area contributed by atoms with E-state index in [-0.39, 0.29) is 13.2 Å². The number of aryl methyl sites for hydroxylation is 1. The van der Waals surface area contributed by atoms with Crippen molar-refractivity contribution in [2.24, 2.45) is 0 Å². The molecular formula is C19H16F3N3O3. The molecule has 0 fully saturated rings. The molecule has 0 saturated carbocycles. The Kier molecular flexibility index (Phi) is 5.62. The zero-order valence-electron chi connectivity index (χ0n) is 14.8. The molecule has 0 saturated heterocycles. The molecule has 3 aromatic rings. The number of hydrogen-bond donors (Lipinski definition) is 1. The highest BCUT2D eigenvalue weighted by Crippen LogP contribution is 2.29. The summed E-state index contributed by atoms with van der Waals surface area (Å²) in [5.74, 6) is 0.946. The second-order valence-corrected chi connectivity index (χ2v) is 5.92. The van der Waals surface area contributed by atoms with Gasteiger partial charge in [0.05, 0.1) is 5.56 Å². The summed E-state index contributed by atoms with van der Waals surface area (Å²) < 4.78 is 48.5. The minimum atomic E-state index is -4.42. The molecule has 6 nitrogen and oxygen atoms in total. The van der Waals surface area contributed by atoms with Crippen LogP contribution >= 0.6 is 0 Å². The maximum atomic E-state index is 12.7. The van der Waals surface area contributed by atoms with E-state index in [0.29, 0.717) is 28.6 Å². The highest BCUT2D eigenvalue weighted by atomic mass is 19.4. The number of nitrogens with zero attached hydrogens (tertiary/aromatic N) is 2. The normalized spacial score (nSPS) is 11.3. The molecule has 0 aliphatic carbocycles. The molecule has 3 rings (SSSR count). The number of ether oxygens (including phenoxy) is 1. The van der Waals surface area contributed by atoms with Gasteiger partial charge in [-0.25, -0.2) is 0 Å². The van der Waals surface area contributed by atoms with E-state index in [1.54, 1.807) is 31.2 Å². The van der Waals surface area contributed by atoms with Crippen LogP contribution in [0.4, 0.5) is 13.2 Å². The summed E-state index contributed by atoms with van der Waals surface area (Å²) >= 11 is 0. The Morgan fingerprint density at radius 2 is 1.93 bits per heavy atom. The van der Waals surface area contributed by atoms with E-state index in [1.165, 1.54) is 12.1 Å². The first-order valence-corrected chi connectivity index (χ1v) is 8.27. The number of hydrogen-bond acceptors (Lipinski definition) is 5. The van der Waals surface area contributed by atoms with E-state index < -0.39 is 17.6 Å². The van der Waals surface area contributed by atoms with Crippen molar-refractivity contribution in [3.63, 3.8) is 0 Å². The van der Waals surface area contributed by atoms with E-state index in [1.807, 2.05) is 0 Å². The molecule has 1 heterocycles. The third-order valence-electron chi connectivity index (χ3n) is 3.76. The molecule has 0 radical (unpaired) electrons. The van der Waals surface area contributed by atoms with Gasteiger partial charge < -0.3 is 14.6 Å². The summed E-state index contributed by atoms with van der Waals surface area (Å²) in [6.45, 7) is 1.78. The van der Waals surface area contributed by atoms with Crippen LogP contribution in [0.15, 0.2) is 53.1 Å². The van der Waals surface area contributed by atoms with Gasteiger partial charge in [0.25, 0.3) is 5.91 Å². The van der Waals surface area contributed by atoms with Crippen molar-refractivity contribution in [3.8, 4) is 5.75 Å². The zero-order chi connectivity index (χ0) is 20.1. The topological polar surface area (TPSA) is 77.2 Å². The number of aromatic nitrogens is 2. The number of carbonyl (C=O) groups is 1. The fraction of sp³-hybridized carbons (Fsp3) is 0.211. The molecule has 2 aromatic carbocycles. The summed E-state index contributed by atoms with van der Waals surface area (Å²) in [5, 5.41) is 6.30. The average Bonchev–Trinajstić information content (AvgIpc) is 3.10. The van der Waals surface area contributed by atoms with Crippen LogP contribution in [-0.4, -0.2) is 16.0 Å². The molecule has 28 heavy (non-hydrogen) atoms. The monoisotopic (exact) mass is 391 g/mol. The molecule has 9 heteroatoms. The van der Waals surface area contributed by atoms with Crippen LogP contribution < -0.4 is 10.1 Å². The molecule has 146 valence electrons. The predicted octanol–water partition coefficient (Wildman–Crippen LogP) is 3.91. The van der Waals surface area contributed by atoms with Crippen molar-refractivity contribution in [1.82, 2.24) is 15.5 Å². The van der Waals surface area contributed by atoms with E-state index in [2.05, 4.69) is 15.5 Å². The summed E-state index contributed by atoms with van der Waals surface area (Å²) in [6, 6.07) is 11.1. The lowest BCUT2D eigenvalue weighted by Crippen LogP contribution is -2.23. The largest absolute Gasteiger partial charge is 0.485 e. The van der Waals surface area contributed by atoms with Crippen LogP contribution in [-0.2, 0) is 19.3 Å². The predicted molar refractivity (Wildman–Crippen MR) is 92.4 cm³/mol. The van der Waals surface area contributed by atoms with Crippen molar-refractivity contribution in [2.45, 2.75) is 26.3 Å². The third kappa shape index (κ3) is 5.09. The lowest BCUT2D eigenvalue weighted by Gasteiger charge is -2.10. The Balaban J connectivity index is 1.54. The standard InChI is InChI=1S/C19H16F3N3O3/c1-12-24-17(25-28-12)11-27-16-7-5-14(6-8-16)18(26)23-10-13-3-2-4-15(9-13)19(20,21)22/h2-9H,10-11H2,1H3,(H,23,26). The summed E-state index contributed by atoms with van der Waals surface area (Å²) in [7, 11) is 0. The SMILES string of the molecule is Cc1nc(COc2ccc(C(=O)NCc3cccc(C(F)(F)F)c3)cc2)no1. The van der Waals surface area contributed by atoms with E-state index in [9.17, 15) is 18.0 Å². The summed E-state index contributed by atoms with van der Waals surface area (Å²) in [5.41, 5.74) is -0.0363. The number of halogens is 3. The molecule has 1 amide bonds. The number of amides is 1. The Labute approximate surface area is 158 Å². The lowest BCUT2D eigenvalue weighted by atomic mass is 10.1. The highest BCUT2D eigenvalue weighted by Gasteiger charge is 2.30. The van der Waals surface area contributed by atoms with Crippen LogP contribution in [0.25, 0.3) is 0 Å². The molecule has 0 unspecified atom stereocenters. The zero-order valence-corrected chi connectivity index (χ0v) is 14.8. The fourth-order valence-corrected chi connectivity index (χ4v) is 2.39. The van der Waals surface area contributed by atoms with Gasteiger partial charge in [-0.1, -0.05) is 17.3 Å². The smallest absolute Gasteiger partial charge is 0.416 e. The summed E-state index contributed by atoms with van der Waals surface area (Å²) in [6.07, 6.45) is -4.42. The second kappa shape index (κ2) is 8.12. The Hall–Kier alpha value is -3.36. The van der Waals surface area contributed by atoms with Crippen molar-refractivity contribution >= 4 is 5.91 Å². The van der Waals surface area contributed by atoms with Gasteiger partial charge in [0, 0.05) is 19.0 Å². The van der Waals surface area contributed by atoms with Crippen molar-refractivity contribution < 1.29 is 27.2 Å². The third-order valence-corrected chi connectivity index (χ3v) is 3.76. The number of benzene rings is 2. The Morgan fingerprint density at radius 3 is 2.57 bits per heavy atom. The van der Waals surface area contributed by atoms with Crippen molar-refractivity contribution in [1.29, 1.82) is 0 Å². The first-order chi connectivity index (χ1) is 13.3. The molecule has 1 N–H and O–H groups in total. The van der Waals surface area contributed by atoms with Crippen molar-refractivity contribution in [2.75, 3.05) is 0 Å². The minimum absolute atomic E-state index is 0.0157. The molecule has 0 spiro atoms. The van der Waals surface area contributed by atoms with E-state index in [4.69, 9.17) is 9.26 Å². The van der Waals surface area contributed by atoms with Gasteiger partial charge in [0.15, 0.2) is 6.61 Å². The van der Waals surface area contributed by atoms with E-state index in [0.717, 1.165) is 12.1 Å². The van der Waals surface area contributed by atoms with Gasteiger partial charge in [-0.2, -0.15) is 18.2 Å². The number of alkyl halides is 3. The number of rotatable bonds is 6. The van der Waals surface area contributed by atoms with Gasteiger partial charge in [-0.3, -0.25) is 4.79 Å². The van der Waals surface area contributed by atoms with Crippen molar-refractivity contribution in [3.05, 3.63) is 76.9 Å². The fourth-order valence-electron chi connectivity index (χ4n) is 2.39. The molecule has 0 atom stereocenters. The molecule has 0 aliphatic heterocycles. The molecule has 1 aromatic heterocycles.